The topological polar surface area (TPSA) is 87.4 Å². The van der Waals surface area contributed by atoms with Crippen molar-refractivity contribution in [3.63, 3.8) is 0 Å². The highest BCUT2D eigenvalue weighted by Gasteiger charge is 2.20. The summed E-state index contributed by atoms with van der Waals surface area (Å²) >= 11 is 7.32. The Hall–Kier alpha value is -3.23. The Morgan fingerprint density at radius 1 is 1.14 bits per heavy atom. The standard InChI is InChI=1S/C19H12ClN3O4S/c1-26-13-5-2-11(3-6-13)14-9-28-19-17(14)18(21-10-22-19)27-16-7-4-12(20)8-15(16)23(24)25/h2-10H,1H3. The van der Waals surface area contributed by atoms with Crippen LogP contribution in [0.1, 0.15) is 0 Å². The number of halogens is 1. The smallest absolute Gasteiger partial charge is 0.313 e. The summed E-state index contributed by atoms with van der Waals surface area (Å²) in [6, 6.07) is 11.8. The summed E-state index contributed by atoms with van der Waals surface area (Å²) < 4.78 is 11.0. The van der Waals surface area contributed by atoms with Crippen molar-refractivity contribution in [1.82, 2.24) is 9.97 Å². The van der Waals surface area contributed by atoms with Crippen molar-refractivity contribution in [2.24, 2.45) is 0 Å². The van der Waals surface area contributed by atoms with Crippen molar-refractivity contribution >= 4 is 38.8 Å². The first-order valence-corrected chi connectivity index (χ1v) is 9.31. The van der Waals surface area contributed by atoms with Gasteiger partial charge in [-0.15, -0.1) is 11.3 Å². The van der Waals surface area contributed by atoms with Crippen LogP contribution in [0.15, 0.2) is 54.2 Å². The molecule has 0 N–H and O–H groups in total. The molecule has 0 spiro atoms. The van der Waals surface area contributed by atoms with Crippen LogP contribution in [0.4, 0.5) is 5.69 Å². The second kappa shape index (κ2) is 7.41. The largest absolute Gasteiger partial charge is 0.497 e. The lowest BCUT2D eigenvalue weighted by Gasteiger charge is -2.08. The van der Waals surface area contributed by atoms with Crippen LogP contribution in [0.5, 0.6) is 17.4 Å². The van der Waals surface area contributed by atoms with Crippen LogP contribution in [0.25, 0.3) is 21.3 Å². The number of nitrogens with zero attached hydrogens (tertiary/aromatic N) is 3. The van der Waals surface area contributed by atoms with Gasteiger partial charge < -0.3 is 9.47 Å². The third-order valence-corrected chi connectivity index (χ3v) is 5.18. The quantitative estimate of drug-likeness (QED) is 0.307. The van der Waals surface area contributed by atoms with E-state index in [9.17, 15) is 10.1 Å². The minimum atomic E-state index is -0.544. The van der Waals surface area contributed by atoms with Crippen molar-refractivity contribution in [2.75, 3.05) is 7.11 Å². The first-order chi connectivity index (χ1) is 13.6. The predicted molar refractivity (Wildman–Crippen MR) is 108 cm³/mol. The average Bonchev–Trinajstić information content (AvgIpc) is 3.14. The number of nitro groups is 1. The number of methoxy groups -OCH3 is 1. The van der Waals surface area contributed by atoms with Crippen molar-refractivity contribution in [1.29, 1.82) is 0 Å². The maximum atomic E-state index is 11.4. The molecule has 0 aliphatic rings. The van der Waals surface area contributed by atoms with Crippen LogP contribution in [-0.4, -0.2) is 22.0 Å². The molecule has 0 radical (unpaired) electrons. The number of thiophene rings is 1. The maximum absolute atomic E-state index is 11.4. The highest BCUT2D eigenvalue weighted by molar-refractivity contribution is 7.17. The Morgan fingerprint density at radius 3 is 2.64 bits per heavy atom. The number of ether oxygens (including phenoxy) is 2. The van der Waals surface area contributed by atoms with Crippen LogP contribution < -0.4 is 9.47 Å². The maximum Gasteiger partial charge on any atom is 0.313 e. The molecule has 0 aliphatic heterocycles. The zero-order chi connectivity index (χ0) is 19.7. The highest BCUT2D eigenvalue weighted by Crippen LogP contribution is 2.41. The van der Waals surface area contributed by atoms with E-state index in [1.165, 1.54) is 35.9 Å². The fraction of sp³-hybridized carbons (Fsp3) is 0.0526. The summed E-state index contributed by atoms with van der Waals surface area (Å²) in [5, 5.41) is 14.2. The predicted octanol–water partition coefficient (Wildman–Crippen LogP) is 5.72. The second-order valence-electron chi connectivity index (χ2n) is 5.71. The van der Waals surface area contributed by atoms with Crippen LogP contribution >= 0.6 is 22.9 Å². The third-order valence-electron chi connectivity index (χ3n) is 4.06. The molecule has 4 aromatic rings. The van der Waals surface area contributed by atoms with E-state index in [0.717, 1.165) is 16.9 Å². The first kappa shape index (κ1) is 18.1. The molecule has 0 saturated heterocycles. The molecule has 2 aromatic carbocycles. The number of hydrogen-bond donors (Lipinski definition) is 0. The zero-order valence-corrected chi connectivity index (χ0v) is 16.0. The third kappa shape index (κ3) is 3.35. The zero-order valence-electron chi connectivity index (χ0n) is 14.5. The lowest BCUT2D eigenvalue weighted by Crippen LogP contribution is -1.96. The molecule has 0 bridgehead atoms. The van der Waals surface area contributed by atoms with E-state index < -0.39 is 4.92 Å². The van der Waals surface area contributed by atoms with Gasteiger partial charge in [0.25, 0.3) is 0 Å². The van der Waals surface area contributed by atoms with Crippen LogP contribution in [0.3, 0.4) is 0 Å². The number of aromatic nitrogens is 2. The number of fused-ring (bicyclic) bond motifs is 1. The summed E-state index contributed by atoms with van der Waals surface area (Å²) in [7, 11) is 1.60. The van der Waals surface area contributed by atoms with Gasteiger partial charge >= 0.3 is 5.69 Å². The molecule has 28 heavy (non-hydrogen) atoms. The second-order valence-corrected chi connectivity index (χ2v) is 7.00. The highest BCUT2D eigenvalue weighted by atomic mass is 35.5. The average molecular weight is 414 g/mol. The molecular formula is C19H12ClN3O4S. The Labute approximate surface area is 168 Å². The summed E-state index contributed by atoms with van der Waals surface area (Å²) in [6.07, 6.45) is 1.37. The van der Waals surface area contributed by atoms with Gasteiger partial charge in [0.1, 0.15) is 16.9 Å². The van der Waals surface area contributed by atoms with Gasteiger partial charge in [-0.1, -0.05) is 23.7 Å². The lowest BCUT2D eigenvalue weighted by molar-refractivity contribution is -0.385. The summed E-state index contributed by atoms with van der Waals surface area (Å²) in [5.74, 6) is 1.04. The Morgan fingerprint density at radius 2 is 1.93 bits per heavy atom. The molecular weight excluding hydrogens is 402 g/mol. The first-order valence-electron chi connectivity index (χ1n) is 8.05. The summed E-state index contributed by atoms with van der Waals surface area (Å²) in [6.45, 7) is 0. The number of nitro benzene ring substituents is 1. The monoisotopic (exact) mass is 413 g/mol. The fourth-order valence-corrected chi connectivity index (χ4v) is 3.80. The molecule has 2 heterocycles. The van der Waals surface area contributed by atoms with Gasteiger partial charge in [0.15, 0.2) is 0 Å². The van der Waals surface area contributed by atoms with Crippen LogP contribution in [0.2, 0.25) is 5.02 Å². The molecule has 4 rings (SSSR count). The van der Waals surface area contributed by atoms with Gasteiger partial charge in [-0.2, -0.15) is 0 Å². The van der Waals surface area contributed by atoms with Gasteiger partial charge in [-0.3, -0.25) is 10.1 Å². The number of hydrogen-bond acceptors (Lipinski definition) is 7. The fourth-order valence-electron chi connectivity index (χ4n) is 2.73. The van der Waals surface area contributed by atoms with Crippen LogP contribution in [0, 0.1) is 10.1 Å². The van der Waals surface area contributed by atoms with E-state index >= 15 is 0 Å². The van der Waals surface area contributed by atoms with E-state index in [0.29, 0.717) is 10.2 Å². The van der Waals surface area contributed by atoms with Gasteiger partial charge in [0, 0.05) is 22.0 Å². The summed E-state index contributed by atoms with van der Waals surface area (Å²) in [5.41, 5.74) is 1.56. The summed E-state index contributed by atoms with van der Waals surface area (Å²) in [4.78, 5) is 20.0. The van der Waals surface area contributed by atoms with Gasteiger partial charge in [-0.05, 0) is 29.8 Å². The molecule has 9 heteroatoms. The minimum absolute atomic E-state index is 0.0567. The number of rotatable bonds is 5. The van der Waals surface area contributed by atoms with Gasteiger partial charge in [-0.25, -0.2) is 9.97 Å². The Kier molecular flexibility index (Phi) is 4.81. The molecule has 2 aromatic heterocycles. The van der Waals surface area contributed by atoms with Crippen molar-refractivity contribution < 1.29 is 14.4 Å². The van der Waals surface area contributed by atoms with Crippen LogP contribution in [-0.2, 0) is 0 Å². The van der Waals surface area contributed by atoms with Crippen molar-refractivity contribution in [3.8, 4) is 28.5 Å². The van der Waals surface area contributed by atoms with E-state index in [2.05, 4.69) is 9.97 Å². The molecule has 140 valence electrons. The molecule has 7 nitrogen and oxygen atoms in total. The molecule has 0 saturated carbocycles. The van der Waals surface area contributed by atoms with Crippen molar-refractivity contribution in [3.05, 3.63) is 69.3 Å². The molecule has 0 fully saturated rings. The molecule has 0 atom stereocenters. The molecule has 0 amide bonds. The Bertz CT molecular complexity index is 1180. The lowest BCUT2D eigenvalue weighted by atomic mass is 10.1. The normalized spacial score (nSPS) is 10.8. The van der Waals surface area contributed by atoms with Crippen molar-refractivity contribution in [2.45, 2.75) is 0 Å². The van der Waals surface area contributed by atoms with E-state index in [-0.39, 0.29) is 22.3 Å². The van der Waals surface area contributed by atoms with E-state index in [1.807, 2.05) is 29.6 Å². The Balaban J connectivity index is 1.82. The molecule has 0 unspecified atom stereocenters. The van der Waals surface area contributed by atoms with Gasteiger partial charge in [0.05, 0.1) is 17.4 Å². The SMILES string of the molecule is COc1ccc(-c2csc3ncnc(Oc4ccc(Cl)cc4[N+](=O)[O-])c23)cc1. The number of benzene rings is 2. The van der Waals surface area contributed by atoms with Gasteiger partial charge in [0.2, 0.25) is 11.6 Å². The minimum Gasteiger partial charge on any atom is -0.497 e. The van der Waals surface area contributed by atoms with E-state index in [4.69, 9.17) is 21.1 Å². The molecule has 0 aliphatic carbocycles. The van der Waals surface area contributed by atoms with E-state index in [1.54, 1.807) is 7.11 Å².